The van der Waals surface area contributed by atoms with Crippen molar-refractivity contribution in [1.82, 2.24) is 19.7 Å². The fraction of sp³-hybridized carbons (Fsp3) is 0.190. The maximum Gasteiger partial charge on any atom is 0.189 e. The van der Waals surface area contributed by atoms with Gasteiger partial charge in [0.05, 0.1) is 30.6 Å². The molecule has 0 fully saturated rings. The first-order valence-corrected chi connectivity index (χ1v) is 10.1. The van der Waals surface area contributed by atoms with Crippen molar-refractivity contribution in [3.8, 4) is 5.75 Å². The van der Waals surface area contributed by atoms with Gasteiger partial charge in [-0.15, -0.1) is 0 Å². The van der Waals surface area contributed by atoms with E-state index in [9.17, 15) is 0 Å². The standard InChI is InChI=1S/C21H21N5OS/c1-14-20-17(23-19-11-12-22-21(24-19)28-3)5-4-6-18(20)26(25-14)13-15-7-9-16(27-2)10-8-15/h4-12H,13H2,1-3H3,(H,22,23,24). The van der Waals surface area contributed by atoms with E-state index in [1.807, 2.05) is 42.1 Å². The van der Waals surface area contributed by atoms with Gasteiger partial charge in [0.25, 0.3) is 0 Å². The number of rotatable bonds is 6. The van der Waals surface area contributed by atoms with Crippen LogP contribution in [0.1, 0.15) is 11.3 Å². The number of ether oxygens (including phenoxy) is 1. The minimum absolute atomic E-state index is 0.696. The predicted molar refractivity (Wildman–Crippen MR) is 114 cm³/mol. The lowest BCUT2D eigenvalue weighted by molar-refractivity contribution is 0.414. The second-order valence-corrected chi connectivity index (χ2v) is 7.12. The van der Waals surface area contributed by atoms with Crippen LogP contribution in [0, 0.1) is 6.92 Å². The highest BCUT2D eigenvalue weighted by Gasteiger charge is 2.12. The van der Waals surface area contributed by atoms with Crippen molar-refractivity contribution >= 4 is 34.2 Å². The van der Waals surface area contributed by atoms with Gasteiger partial charge in [-0.3, -0.25) is 4.68 Å². The molecular formula is C21H21N5OS. The normalized spacial score (nSPS) is 11.0. The highest BCUT2D eigenvalue weighted by Crippen LogP contribution is 2.29. The predicted octanol–water partition coefficient (Wildman–Crippen LogP) is 4.66. The zero-order valence-electron chi connectivity index (χ0n) is 16.0. The SMILES string of the molecule is COc1ccc(Cn2nc(C)c3c(Nc4ccnc(SC)n4)cccc32)cc1. The van der Waals surface area contributed by atoms with E-state index in [2.05, 4.69) is 39.6 Å². The molecule has 0 aliphatic heterocycles. The Morgan fingerprint density at radius 2 is 1.93 bits per heavy atom. The molecule has 0 aliphatic carbocycles. The Bertz CT molecular complexity index is 1110. The van der Waals surface area contributed by atoms with Crippen molar-refractivity contribution in [2.75, 3.05) is 18.7 Å². The fourth-order valence-electron chi connectivity index (χ4n) is 3.20. The number of nitrogens with zero attached hydrogens (tertiary/aromatic N) is 4. The van der Waals surface area contributed by atoms with E-state index >= 15 is 0 Å². The van der Waals surface area contributed by atoms with Crippen molar-refractivity contribution < 1.29 is 4.74 Å². The largest absolute Gasteiger partial charge is 0.497 e. The van der Waals surface area contributed by atoms with Crippen molar-refractivity contribution in [3.05, 3.63) is 66.0 Å². The number of anilines is 2. The van der Waals surface area contributed by atoms with Crippen LogP contribution in [0.3, 0.4) is 0 Å². The Morgan fingerprint density at radius 3 is 2.68 bits per heavy atom. The van der Waals surface area contributed by atoms with Gasteiger partial charge >= 0.3 is 0 Å². The topological polar surface area (TPSA) is 64.9 Å². The highest BCUT2D eigenvalue weighted by molar-refractivity contribution is 7.98. The molecule has 2 aromatic carbocycles. The third-order valence-corrected chi connectivity index (χ3v) is 5.09. The van der Waals surface area contributed by atoms with E-state index in [4.69, 9.17) is 9.84 Å². The Morgan fingerprint density at radius 1 is 1.11 bits per heavy atom. The molecule has 28 heavy (non-hydrogen) atoms. The lowest BCUT2D eigenvalue weighted by Gasteiger charge is -2.09. The molecule has 0 radical (unpaired) electrons. The van der Waals surface area contributed by atoms with Gasteiger partial charge in [0.1, 0.15) is 11.6 Å². The monoisotopic (exact) mass is 391 g/mol. The van der Waals surface area contributed by atoms with E-state index in [0.29, 0.717) is 6.54 Å². The van der Waals surface area contributed by atoms with E-state index in [-0.39, 0.29) is 0 Å². The number of aryl methyl sites for hydroxylation is 1. The number of fused-ring (bicyclic) bond motifs is 1. The number of thioether (sulfide) groups is 1. The van der Waals surface area contributed by atoms with Crippen LogP contribution >= 0.6 is 11.8 Å². The molecular weight excluding hydrogens is 370 g/mol. The summed E-state index contributed by atoms with van der Waals surface area (Å²) in [4.78, 5) is 8.74. The Labute approximate surface area is 168 Å². The number of methoxy groups -OCH3 is 1. The van der Waals surface area contributed by atoms with E-state index in [1.54, 1.807) is 13.3 Å². The number of hydrogen-bond acceptors (Lipinski definition) is 6. The molecule has 2 heterocycles. The molecule has 0 unspecified atom stereocenters. The van der Waals surface area contributed by atoms with Crippen LogP contribution in [-0.2, 0) is 6.54 Å². The smallest absolute Gasteiger partial charge is 0.189 e. The van der Waals surface area contributed by atoms with Crippen molar-refractivity contribution in [1.29, 1.82) is 0 Å². The van der Waals surface area contributed by atoms with Gasteiger partial charge in [0.2, 0.25) is 0 Å². The molecule has 4 aromatic rings. The zero-order chi connectivity index (χ0) is 19.5. The molecule has 0 aliphatic rings. The summed E-state index contributed by atoms with van der Waals surface area (Å²) in [6.07, 6.45) is 3.73. The zero-order valence-corrected chi connectivity index (χ0v) is 16.8. The van der Waals surface area contributed by atoms with Crippen LogP contribution in [-0.4, -0.2) is 33.1 Å². The molecule has 0 bridgehead atoms. The van der Waals surface area contributed by atoms with Gasteiger partial charge in [-0.25, -0.2) is 9.97 Å². The van der Waals surface area contributed by atoms with Gasteiger partial charge in [0, 0.05) is 11.6 Å². The van der Waals surface area contributed by atoms with Crippen LogP contribution in [0.4, 0.5) is 11.5 Å². The van der Waals surface area contributed by atoms with Crippen molar-refractivity contribution in [3.63, 3.8) is 0 Å². The maximum absolute atomic E-state index is 5.24. The number of aromatic nitrogens is 4. The lowest BCUT2D eigenvalue weighted by atomic mass is 10.1. The van der Waals surface area contributed by atoms with Gasteiger partial charge in [-0.1, -0.05) is 30.0 Å². The van der Waals surface area contributed by atoms with Gasteiger partial charge in [-0.2, -0.15) is 5.10 Å². The summed E-state index contributed by atoms with van der Waals surface area (Å²) in [5, 5.41) is 10.0. The summed E-state index contributed by atoms with van der Waals surface area (Å²) in [6.45, 7) is 2.73. The molecule has 6 nitrogen and oxygen atoms in total. The summed E-state index contributed by atoms with van der Waals surface area (Å²) in [5.41, 5.74) is 4.22. The Hall–Kier alpha value is -3.06. The molecule has 0 saturated carbocycles. The summed E-state index contributed by atoms with van der Waals surface area (Å²) in [5.74, 6) is 1.63. The average Bonchev–Trinajstić information content (AvgIpc) is 3.05. The first-order chi connectivity index (χ1) is 13.7. The molecule has 0 saturated heterocycles. The van der Waals surface area contributed by atoms with Gasteiger partial charge in [-0.05, 0) is 49.1 Å². The summed E-state index contributed by atoms with van der Waals surface area (Å²) < 4.78 is 7.27. The van der Waals surface area contributed by atoms with E-state index in [0.717, 1.165) is 39.0 Å². The van der Waals surface area contributed by atoms with E-state index < -0.39 is 0 Å². The maximum atomic E-state index is 5.24. The molecule has 7 heteroatoms. The van der Waals surface area contributed by atoms with E-state index in [1.165, 1.54) is 17.3 Å². The first kappa shape index (κ1) is 18.3. The summed E-state index contributed by atoms with van der Waals surface area (Å²) in [7, 11) is 1.67. The van der Waals surface area contributed by atoms with Crippen LogP contribution < -0.4 is 10.1 Å². The fourth-order valence-corrected chi connectivity index (χ4v) is 3.55. The second-order valence-electron chi connectivity index (χ2n) is 6.34. The van der Waals surface area contributed by atoms with Gasteiger partial charge < -0.3 is 10.1 Å². The quantitative estimate of drug-likeness (QED) is 0.381. The molecule has 142 valence electrons. The highest BCUT2D eigenvalue weighted by atomic mass is 32.2. The minimum Gasteiger partial charge on any atom is -0.497 e. The van der Waals surface area contributed by atoms with Crippen LogP contribution in [0.25, 0.3) is 10.9 Å². The van der Waals surface area contributed by atoms with Crippen LogP contribution in [0.5, 0.6) is 5.75 Å². The summed E-state index contributed by atoms with van der Waals surface area (Å²) >= 11 is 1.52. The lowest BCUT2D eigenvalue weighted by Crippen LogP contribution is -2.02. The third-order valence-electron chi connectivity index (χ3n) is 4.52. The van der Waals surface area contributed by atoms with Crippen molar-refractivity contribution in [2.24, 2.45) is 0 Å². The summed E-state index contributed by atoms with van der Waals surface area (Å²) in [6, 6.07) is 16.1. The molecule has 0 atom stereocenters. The molecule has 0 amide bonds. The number of benzene rings is 2. The molecule has 0 spiro atoms. The number of hydrogen-bond donors (Lipinski definition) is 1. The molecule has 2 aromatic heterocycles. The first-order valence-electron chi connectivity index (χ1n) is 8.91. The van der Waals surface area contributed by atoms with Crippen LogP contribution in [0.15, 0.2) is 59.9 Å². The Kier molecular flexibility index (Phi) is 5.16. The molecule has 1 N–H and O–H groups in total. The second kappa shape index (κ2) is 7.90. The minimum atomic E-state index is 0.696. The average molecular weight is 392 g/mol. The van der Waals surface area contributed by atoms with Gasteiger partial charge in [0.15, 0.2) is 5.16 Å². The molecule has 4 rings (SSSR count). The van der Waals surface area contributed by atoms with Crippen LogP contribution in [0.2, 0.25) is 0 Å². The number of nitrogens with one attached hydrogen (secondary N) is 1. The van der Waals surface area contributed by atoms with Crippen molar-refractivity contribution in [2.45, 2.75) is 18.6 Å². The third kappa shape index (κ3) is 3.66. The Balaban J connectivity index is 1.68.